The van der Waals surface area contributed by atoms with Gasteiger partial charge in [-0.05, 0) is 85.1 Å². The van der Waals surface area contributed by atoms with Gasteiger partial charge >= 0.3 is 0 Å². The lowest BCUT2D eigenvalue weighted by Gasteiger charge is -2.28. The molecule has 174 valence electrons. The largest absolute Gasteiger partial charge is 0.324 e. The van der Waals surface area contributed by atoms with Crippen LogP contribution in [0.15, 0.2) is 53.9 Å². The predicted molar refractivity (Wildman–Crippen MR) is 141 cm³/mol. The molecule has 0 bridgehead atoms. The third kappa shape index (κ3) is 4.68. The Hall–Kier alpha value is -3.26. The maximum absolute atomic E-state index is 13.1. The standard InChI is InChI=1S/C27H29N5OS/c1-17-12-15-34-26(17)27(33)30-24-16-20(25(28)19-10-13-29-14-11-19)7-6-18(24)8-9-23-21-4-2-3-5-22(21)31-32-23/h2-9,12,15-16,19,25,29H,10-11,13-14,28H2,1H3,(H,30,33)(H,31,32)/b9-8+. The van der Waals surface area contributed by atoms with E-state index in [1.807, 2.05) is 66.9 Å². The van der Waals surface area contributed by atoms with Gasteiger partial charge in [-0.25, -0.2) is 0 Å². The Morgan fingerprint density at radius 1 is 1.18 bits per heavy atom. The normalized spacial score (nSPS) is 15.7. The molecule has 2 aromatic carbocycles. The molecular weight excluding hydrogens is 442 g/mol. The molecule has 4 aromatic rings. The van der Waals surface area contributed by atoms with Crippen molar-refractivity contribution in [3.63, 3.8) is 0 Å². The Bertz CT molecular complexity index is 1330. The number of aromatic nitrogens is 2. The van der Waals surface area contributed by atoms with Gasteiger partial charge in [0, 0.05) is 17.1 Å². The van der Waals surface area contributed by atoms with Crippen molar-refractivity contribution < 1.29 is 4.79 Å². The van der Waals surface area contributed by atoms with E-state index in [4.69, 9.17) is 5.73 Å². The van der Waals surface area contributed by atoms with E-state index in [0.29, 0.717) is 5.92 Å². The van der Waals surface area contributed by atoms with Crippen molar-refractivity contribution in [2.45, 2.75) is 25.8 Å². The third-order valence-electron chi connectivity index (χ3n) is 6.59. The van der Waals surface area contributed by atoms with E-state index in [-0.39, 0.29) is 11.9 Å². The maximum atomic E-state index is 13.1. The molecule has 5 rings (SSSR count). The van der Waals surface area contributed by atoms with Crippen LogP contribution in [0.2, 0.25) is 0 Å². The fourth-order valence-corrected chi connectivity index (χ4v) is 5.40. The van der Waals surface area contributed by atoms with Crippen molar-refractivity contribution in [1.82, 2.24) is 15.5 Å². The molecule has 1 atom stereocenters. The van der Waals surface area contributed by atoms with Crippen LogP contribution in [-0.4, -0.2) is 29.2 Å². The summed E-state index contributed by atoms with van der Waals surface area (Å²) in [6, 6.07) is 16.1. The number of aromatic amines is 1. The van der Waals surface area contributed by atoms with Gasteiger partial charge in [0.15, 0.2) is 0 Å². The molecule has 0 aliphatic carbocycles. The van der Waals surface area contributed by atoms with E-state index in [0.717, 1.165) is 69.8 Å². The van der Waals surface area contributed by atoms with Crippen LogP contribution in [0.5, 0.6) is 0 Å². The van der Waals surface area contributed by atoms with Crippen molar-refractivity contribution in [3.05, 3.63) is 81.2 Å². The molecule has 34 heavy (non-hydrogen) atoms. The average molecular weight is 472 g/mol. The van der Waals surface area contributed by atoms with Gasteiger partial charge in [-0.3, -0.25) is 9.89 Å². The second-order valence-corrected chi connectivity index (χ2v) is 9.75. The van der Waals surface area contributed by atoms with Crippen molar-refractivity contribution in [1.29, 1.82) is 0 Å². The van der Waals surface area contributed by atoms with E-state index in [9.17, 15) is 4.79 Å². The number of piperidine rings is 1. The highest BCUT2D eigenvalue weighted by molar-refractivity contribution is 7.12. The Morgan fingerprint density at radius 2 is 2.00 bits per heavy atom. The monoisotopic (exact) mass is 471 g/mol. The molecule has 1 amide bonds. The number of carbonyl (C=O) groups is 1. The Morgan fingerprint density at radius 3 is 2.79 bits per heavy atom. The summed E-state index contributed by atoms with van der Waals surface area (Å²) in [6.45, 7) is 3.95. The summed E-state index contributed by atoms with van der Waals surface area (Å²) in [7, 11) is 0. The van der Waals surface area contributed by atoms with Gasteiger partial charge < -0.3 is 16.4 Å². The van der Waals surface area contributed by atoms with Crippen LogP contribution in [0.3, 0.4) is 0 Å². The third-order valence-corrected chi connectivity index (χ3v) is 7.61. The minimum atomic E-state index is -0.0973. The molecule has 1 aliphatic rings. The number of para-hydroxylation sites is 1. The zero-order chi connectivity index (χ0) is 23.5. The van der Waals surface area contributed by atoms with Crippen LogP contribution in [0, 0.1) is 12.8 Å². The molecule has 2 aromatic heterocycles. The van der Waals surface area contributed by atoms with Crippen molar-refractivity contribution in [2.75, 3.05) is 18.4 Å². The molecule has 3 heterocycles. The molecule has 1 unspecified atom stereocenters. The number of hydrogen-bond acceptors (Lipinski definition) is 5. The summed E-state index contributed by atoms with van der Waals surface area (Å²) in [5.41, 5.74) is 12.2. The number of carbonyl (C=O) groups excluding carboxylic acids is 1. The highest BCUT2D eigenvalue weighted by atomic mass is 32.1. The van der Waals surface area contributed by atoms with Gasteiger partial charge in [-0.1, -0.05) is 36.4 Å². The minimum absolute atomic E-state index is 0.0606. The molecule has 0 radical (unpaired) electrons. The molecule has 7 heteroatoms. The van der Waals surface area contributed by atoms with E-state index in [1.54, 1.807) is 0 Å². The summed E-state index contributed by atoms with van der Waals surface area (Å²) in [5, 5.41) is 17.0. The SMILES string of the molecule is Cc1ccsc1C(=O)Nc1cc(C(N)C2CCNCC2)ccc1/C=C/c1n[nH]c2ccccc12. The van der Waals surface area contributed by atoms with Crippen LogP contribution in [0.25, 0.3) is 23.1 Å². The first-order chi connectivity index (χ1) is 16.6. The Kier molecular flexibility index (Phi) is 6.58. The van der Waals surface area contributed by atoms with Gasteiger partial charge in [-0.15, -0.1) is 11.3 Å². The number of aryl methyl sites for hydroxylation is 1. The highest BCUT2D eigenvalue weighted by Crippen LogP contribution is 2.31. The number of fused-ring (bicyclic) bond motifs is 1. The first kappa shape index (κ1) is 22.5. The summed E-state index contributed by atoms with van der Waals surface area (Å²) >= 11 is 1.45. The van der Waals surface area contributed by atoms with Gasteiger partial charge in [-0.2, -0.15) is 5.10 Å². The van der Waals surface area contributed by atoms with Crippen LogP contribution in [0.4, 0.5) is 5.69 Å². The van der Waals surface area contributed by atoms with Gasteiger partial charge in [0.2, 0.25) is 0 Å². The number of amides is 1. The number of hydrogen-bond donors (Lipinski definition) is 4. The molecule has 5 N–H and O–H groups in total. The lowest BCUT2D eigenvalue weighted by molar-refractivity contribution is 0.103. The van der Waals surface area contributed by atoms with Crippen LogP contribution >= 0.6 is 11.3 Å². The number of nitrogens with one attached hydrogen (secondary N) is 3. The Balaban J connectivity index is 1.47. The average Bonchev–Trinajstić information content (AvgIpc) is 3.49. The first-order valence-electron chi connectivity index (χ1n) is 11.7. The molecule has 0 saturated carbocycles. The van der Waals surface area contributed by atoms with Crippen molar-refractivity contribution >= 4 is 46.0 Å². The van der Waals surface area contributed by atoms with E-state index < -0.39 is 0 Å². The molecule has 1 fully saturated rings. The second kappa shape index (κ2) is 9.93. The molecule has 0 spiro atoms. The minimum Gasteiger partial charge on any atom is -0.324 e. The predicted octanol–water partition coefficient (Wildman–Crippen LogP) is 5.35. The van der Waals surface area contributed by atoms with Gasteiger partial charge in [0.05, 0.1) is 16.1 Å². The lowest BCUT2D eigenvalue weighted by atomic mass is 9.86. The van der Waals surface area contributed by atoms with Gasteiger partial charge in [0.25, 0.3) is 5.91 Å². The zero-order valence-electron chi connectivity index (χ0n) is 19.2. The number of anilines is 1. The fraction of sp³-hybridized carbons (Fsp3) is 0.259. The lowest BCUT2D eigenvalue weighted by Crippen LogP contribution is -2.33. The number of rotatable bonds is 6. The summed E-state index contributed by atoms with van der Waals surface area (Å²) in [6.07, 6.45) is 6.10. The van der Waals surface area contributed by atoms with Crippen molar-refractivity contribution in [3.8, 4) is 0 Å². The number of nitrogens with two attached hydrogens (primary N) is 1. The molecule has 6 nitrogen and oxygen atoms in total. The molecular formula is C27H29N5OS. The zero-order valence-corrected chi connectivity index (χ0v) is 20.0. The molecule has 1 aliphatic heterocycles. The van der Waals surface area contributed by atoms with E-state index in [1.165, 1.54) is 11.3 Å². The number of H-pyrrole nitrogens is 1. The summed E-state index contributed by atoms with van der Waals surface area (Å²) in [5.74, 6) is 0.334. The number of thiophene rings is 1. The quantitative estimate of drug-likeness (QED) is 0.305. The smallest absolute Gasteiger partial charge is 0.266 e. The summed E-state index contributed by atoms with van der Waals surface area (Å²) in [4.78, 5) is 13.8. The topological polar surface area (TPSA) is 95.8 Å². The van der Waals surface area contributed by atoms with Crippen LogP contribution in [0.1, 0.15) is 50.9 Å². The van der Waals surface area contributed by atoms with E-state index in [2.05, 4.69) is 26.9 Å². The van der Waals surface area contributed by atoms with Gasteiger partial charge in [0.1, 0.15) is 0 Å². The highest BCUT2D eigenvalue weighted by Gasteiger charge is 2.23. The van der Waals surface area contributed by atoms with Crippen LogP contribution < -0.4 is 16.4 Å². The number of benzene rings is 2. The summed E-state index contributed by atoms with van der Waals surface area (Å²) < 4.78 is 0. The maximum Gasteiger partial charge on any atom is 0.266 e. The molecule has 1 saturated heterocycles. The van der Waals surface area contributed by atoms with Crippen molar-refractivity contribution in [2.24, 2.45) is 11.7 Å². The first-order valence-corrected chi connectivity index (χ1v) is 12.5. The van der Waals surface area contributed by atoms with Crippen LogP contribution in [-0.2, 0) is 0 Å². The number of nitrogens with zero attached hydrogens (tertiary/aromatic N) is 1. The Labute approximate surface area is 203 Å². The fourth-order valence-electron chi connectivity index (χ4n) is 4.58. The van der Waals surface area contributed by atoms with E-state index >= 15 is 0 Å². The second-order valence-electron chi connectivity index (χ2n) is 8.83.